The molecule has 0 spiro atoms. The van der Waals surface area contributed by atoms with Gasteiger partial charge in [-0.1, -0.05) is 6.07 Å². The number of anilines is 1. The van der Waals surface area contributed by atoms with E-state index in [1.165, 1.54) is 5.69 Å². The second-order valence-corrected chi connectivity index (χ2v) is 5.73. The SMILES string of the molecule is CN(CC1CCOCC1)c1ccc(CO)cc1Br. The largest absolute Gasteiger partial charge is 0.392 e. The molecule has 1 aliphatic heterocycles. The van der Waals surface area contributed by atoms with Gasteiger partial charge in [0.05, 0.1) is 12.3 Å². The molecule has 1 fully saturated rings. The standard InChI is InChI=1S/C14H20BrNO2/c1-16(9-11-4-6-18-7-5-11)14-3-2-12(10-17)8-13(14)15/h2-3,8,11,17H,4-7,9-10H2,1H3. The number of rotatable bonds is 4. The summed E-state index contributed by atoms with van der Waals surface area (Å²) in [5.74, 6) is 0.716. The number of hydrogen-bond donors (Lipinski definition) is 1. The van der Waals surface area contributed by atoms with Crippen LogP contribution in [0.25, 0.3) is 0 Å². The minimum absolute atomic E-state index is 0.0859. The van der Waals surface area contributed by atoms with Crippen LogP contribution in [0.15, 0.2) is 22.7 Å². The number of aliphatic hydroxyl groups excluding tert-OH is 1. The van der Waals surface area contributed by atoms with Crippen LogP contribution < -0.4 is 4.90 Å². The summed E-state index contributed by atoms with van der Waals surface area (Å²) in [4.78, 5) is 2.28. The zero-order valence-electron chi connectivity index (χ0n) is 10.7. The first kappa shape index (κ1) is 13.8. The smallest absolute Gasteiger partial charge is 0.0682 e. The molecule has 0 aromatic heterocycles. The average Bonchev–Trinajstić information content (AvgIpc) is 2.39. The summed E-state index contributed by atoms with van der Waals surface area (Å²) < 4.78 is 6.43. The van der Waals surface area contributed by atoms with E-state index in [2.05, 4.69) is 33.9 Å². The molecule has 0 amide bonds. The zero-order chi connectivity index (χ0) is 13.0. The van der Waals surface area contributed by atoms with Crippen LogP contribution in [0.3, 0.4) is 0 Å². The second kappa shape index (κ2) is 6.55. The number of nitrogens with zero attached hydrogens (tertiary/aromatic N) is 1. The number of hydrogen-bond acceptors (Lipinski definition) is 3. The predicted molar refractivity (Wildman–Crippen MR) is 76.9 cm³/mol. The fourth-order valence-corrected chi connectivity index (χ4v) is 3.10. The third kappa shape index (κ3) is 3.46. The average molecular weight is 314 g/mol. The third-order valence-electron chi connectivity index (χ3n) is 3.48. The monoisotopic (exact) mass is 313 g/mol. The molecule has 0 radical (unpaired) electrons. The summed E-state index contributed by atoms with van der Waals surface area (Å²) in [6.45, 7) is 2.93. The predicted octanol–water partition coefficient (Wildman–Crippen LogP) is 2.80. The van der Waals surface area contributed by atoms with Crippen molar-refractivity contribution in [1.82, 2.24) is 0 Å². The van der Waals surface area contributed by atoms with Crippen LogP contribution in [0.1, 0.15) is 18.4 Å². The molecule has 100 valence electrons. The van der Waals surface area contributed by atoms with Gasteiger partial charge < -0.3 is 14.7 Å². The molecule has 1 aromatic carbocycles. The van der Waals surface area contributed by atoms with Gasteiger partial charge in [0.25, 0.3) is 0 Å². The first-order chi connectivity index (χ1) is 8.70. The van der Waals surface area contributed by atoms with Crippen LogP contribution in [0.5, 0.6) is 0 Å². The fourth-order valence-electron chi connectivity index (χ4n) is 2.37. The van der Waals surface area contributed by atoms with Crippen molar-refractivity contribution < 1.29 is 9.84 Å². The molecule has 1 aliphatic rings. The summed E-state index contributed by atoms with van der Waals surface area (Å²) in [6.07, 6.45) is 2.30. The van der Waals surface area contributed by atoms with Crippen LogP contribution in [0, 0.1) is 5.92 Å². The highest BCUT2D eigenvalue weighted by molar-refractivity contribution is 9.10. The molecule has 1 heterocycles. The molecule has 1 aromatic rings. The van der Waals surface area contributed by atoms with E-state index in [0.29, 0.717) is 5.92 Å². The Hall–Kier alpha value is -0.580. The van der Waals surface area contributed by atoms with Gasteiger partial charge in [-0.3, -0.25) is 0 Å². The van der Waals surface area contributed by atoms with Gasteiger partial charge in [0, 0.05) is 31.3 Å². The van der Waals surface area contributed by atoms with Gasteiger partial charge in [0.1, 0.15) is 0 Å². The first-order valence-corrected chi connectivity index (χ1v) is 7.18. The first-order valence-electron chi connectivity index (χ1n) is 6.39. The van der Waals surface area contributed by atoms with Crippen molar-refractivity contribution in [2.75, 3.05) is 31.7 Å². The number of benzene rings is 1. The van der Waals surface area contributed by atoms with E-state index in [1.807, 2.05) is 12.1 Å². The van der Waals surface area contributed by atoms with E-state index >= 15 is 0 Å². The molecule has 0 saturated carbocycles. The van der Waals surface area contributed by atoms with Crippen LogP contribution >= 0.6 is 15.9 Å². The van der Waals surface area contributed by atoms with Gasteiger partial charge in [0.15, 0.2) is 0 Å². The lowest BCUT2D eigenvalue weighted by atomic mass is 9.99. The number of ether oxygens (including phenoxy) is 1. The molecule has 2 rings (SSSR count). The summed E-state index contributed by atoms with van der Waals surface area (Å²) >= 11 is 3.58. The second-order valence-electron chi connectivity index (χ2n) is 4.88. The molecule has 0 unspecified atom stereocenters. The maximum absolute atomic E-state index is 9.10. The molecule has 0 atom stereocenters. The Bertz CT molecular complexity index is 391. The zero-order valence-corrected chi connectivity index (χ0v) is 12.3. The molecular weight excluding hydrogens is 294 g/mol. The molecule has 0 bridgehead atoms. The summed E-state index contributed by atoms with van der Waals surface area (Å²) in [5, 5.41) is 9.10. The lowest BCUT2D eigenvalue weighted by molar-refractivity contribution is 0.0685. The molecule has 0 aliphatic carbocycles. The Morgan fingerprint density at radius 2 is 2.11 bits per heavy atom. The maximum Gasteiger partial charge on any atom is 0.0682 e. The van der Waals surface area contributed by atoms with Crippen LogP contribution in [0.2, 0.25) is 0 Å². The molecule has 18 heavy (non-hydrogen) atoms. The van der Waals surface area contributed by atoms with Gasteiger partial charge in [-0.05, 0) is 52.4 Å². The molecule has 1 saturated heterocycles. The topological polar surface area (TPSA) is 32.7 Å². The lowest BCUT2D eigenvalue weighted by Crippen LogP contribution is -2.29. The summed E-state index contributed by atoms with van der Waals surface area (Å²) in [7, 11) is 2.12. The molecule has 4 heteroatoms. The van der Waals surface area contributed by atoms with E-state index < -0.39 is 0 Å². The molecular formula is C14H20BrNO2. The molecule has 3 nitrogen and oxygen atoms in total. The van der Waals surface area contributed by atoms with E-state index in [0.717, 1.165) is 42.6 Å². The summed E-state index contributed by atoms with van der Waals surface area (Å²) in [6, 6.07) is 6.02. The van der Waals surface area contributed by atoms with Crippen molar-refractivity contribution in [2.45, 2.75) is 19.4 Å². The quantitative estimate of drug-likeness (QED) is 0.927. The van der Waals surface area contributed by atoms with E-state index in [-0.39, 0.29) is 6.61 Å². The minimum atomic E-state index is 0.0859. The van der Waals surface area contributed by atoms with Crippen LogP contribution in [-0.4, -0.2) is 31.9 Å². The van der Waals surface area contributed by atoms with Gasteiger partial charge in [-0.25, -0.2) is 0 Å². The normalized spacial score (nSPS) is 16.8. The highest BCUT2D eigenvalue weighted by Gasteiger charge is 2.17. The van der Waals surface area contributed by atoms with Crippen molar-refractivity contribution in [2.24, 2.45) is 5.92 Å². The van der Waals surface area contributed by atoms with Crippen LogP contribution in [0.4, 0.5) is 5.69 Å². The Balaban J connectivity index is 2.01. The Labute approximate surface area is 117 Å². The lowest BCUT2D eigenvalue weighted by Gasteiger charge is -2.29. The Morgan fingerprint density at radius 1 is 1.39 bits per heavy atom. The van der Waals surface area contributed by atoms with Crippen LogP contribution in [-0.2, 0) is 11.3 Å². The van der Waals surface area contributed by atoms with Gasteiger partial charge in [-0.2, -0.15) is 0 Å². The summed E-state index contributed by atoms with van der Waals surface area (Å²) in [5.41, 5.74) is 2.11. The van der Waals surface area contributed by atoms with Crippen molar-refractivity contribution in [3.63, 3.8) is 0 Å². The molecule has 1 N–H and O–H groups in total. The Kier molecular flexibility index (Phi) is 5.03. The van der Waals surface area contributed by atoms with E-state index in [9.17, 15) is 0 Å². The van der Waals surface area contributed by atoms with Crippen molar-refractivity contribution in [3.8, 4) is 0 Å². The highest BCUT2D eigenvalue weighted by atomic mass is 79.9. The Morgan fingerprint density at radius 3 is 2.72 bits per heavy atom. The van der Waals surface area contributed by atoms with Gasteiger partial charge in [-0.15, -0.1) is 0 Å². The number of halogens is 1. The maximum atomic E-state index is 9.10. The van der Waals surface area contributed by atoms with Crippen molar-refractivity contribution in [1.29, 1.82) is 0 Å². The minimum Gasteiger partial charge on any atom is -0.392 e. The highest BCUT2D eigenvalue weighted by Crippen LogP contribution is 2.28. The van der Waals surface area contributed by atoms with E-state index in [1.54, 1.807) is 0 Å². The van der Waals surface area contributed by atoms with Gasteiger partial charge >= 0.3 is 0 Å². The fraction of sp³-hybridized carbons (Fsp3) is 0.571. The third-order valence-corrected chi connectivity index (χ3v) is 4.11. The number of aliphatic hydroxyl groups is 1. The van der Waals surface area contributed by atoms with E-state index in [4.69, 9.17) is 9.84 Å². The van der Waals surface area contributed by atoms with Crippen molar-refractivity contribution >= 4 is 21.6 Å². The van der Waals surface area contributed by atoms with Gasteiger partial charge in [0.2, 0.25) is 0 Å². The van der Waals surface area contributed by atoms with Crippen molar-refractivity contribution in [3.05, 3.63) is 28.2 Å².